The molecule has 0 aliphatic carbocycles. The second kappa shape index (κ2) is 6.14. The molecular formula is C11H11F2NO6S. The van der Waals surface area contributed by atoms with Gasteiger partial charge in [-0.25, -0.2) is 22.0 Å². The van der Waals surface area contributed by atoms with Crippen LogP contribution in [0, 0.1) is 11.6 Å². The largest absolute Gasteiger partial charge is 0.477 e. The van der Waals surface area contributed by atoms with Crippen LogP contribution in [0.15, 0.2) is 17.0 Å². The molecule has 0 saturated heterocycles. The van der Waals surface area contributed by atoms with Gasteiger partial charge in [-0.15, -0.1) is 0 Å². The van der Waals surface area contributed by atoms with E-state index in [1.807, 2.05) is 0 Å². The van der Waals surface area contributed by atoms with E-state index in [9.17, 15) is 26.8 Å². The van der Waals surface area contributed by atoms with Crippen LogP contribution in [0.4, 0.5) is 8.78 Å². The van der Waals surface area contributed by atoms with E-state index < -0.39 is 50.6 Å². The molecule has 1 N–H and O–H groups in total. The fourth-order valence-corrected chi connectivity index (χ4v) is 2.61. The molecule has 0 saturated carbocycles. The first kappa shape index (κ1) is 17.0. The second-order valence-electron chi connectivity index (χ2n) is 3.88. The smallest absolute Gasteiger partial charge is 0.341 e. The number of ether oxygens (including phenoxy) is 1. The summed E-state index contributed by atoms with van der Waals surface area (Å²) in [6.07, 6.45) is 0. The van der Waals surface area contributed by atoms with Gasteiger partial charge >= 0.3 is 11.9 Å². The number of methoxy groups -OCH3 is 1. The van der Waals surface area contributed by atoms with Crippen molar-refractivity contribution in [3.8, 4) is 0 Å². The van der Waals surface area contributed by atoms with Crippen LogP contribution >= 0.6 is 0 Å². The lowest BCUT2D eigenvalue weighted by molar-refractivity contribution is -0.140. The number of hydrogen-bond donors (Lipinski definition) is 1. The summed E-state index contributed by atoms with van der Waals surface area (Å²) in [6, 6.07) is 1.10. The first-order valence-corrected chi connectivity index (χ1v) is 6.81. The molecule has 0 fully saturated rings. The van der Waals surface area contributed by atoms with E-state index in [-0.39, 0.29) is 0 Å². The third-order valence-corrected chi connectivity index (χ3v) is 4.36. The van der Waals surface area contributed by atoms with Crippen molar-refractivity contribution in [3.05, 3.63) is 29.3 Å². The van der Waals surface area contributed by atoms with Gasteiger partial charge in [0, 0.05) is 7.05 Å². The number of benzene rings is 1. The number of likely N-dealkylation sites (N-methyl/N-ethyl adjacent to an activating group) is 1. The molecule has 1 aromatic rings. The first-order chi connectivity index (χ1) is 9.62. The number of nitrogens with zero attached hydrogens (tertiary/aromatic N) is 1. The summed E-state index contributed by atoms with van der Waals surface area (Å²) < 4.78 is 56.0. The fraction of sp³-hybridized carbons (Fsp3) is 0.273. The highest BCUT2D eigenvalue weighted by Gasteiger charge is 2.30. The van der Waals surface area contributed by atoms with Crippen molar-refractivity contribution in [1.82, 2.24) is 4.31 Å². The molecule has 0 bridgehead atoms. The average molecular weight is 323 g/mol. The number of carbonyl (C=O) groups excluding carboxylic acids is 1. The van der Waals surface area contributed by atoms with E-state index in [4.69, 9.17) is 5.11 Å². The molecule has 0 aliphatic rings. The Balaban J connectivity index is 3.36. The van der Waals surface area contributed by atoms with Crippen LogP contribution in [0.3, 0.4) is 0 Å². The number of rotatable bonds is 5. The maximum atomic E-state index is 13.9. The molecule has 21 heavy (non-hydrogen) atoms. The zero-order chi connectivity index (χ0) is 16.4. The SMILES string of the molecule is COC(=O)CN(C)S(=O)(=O)c1ccc(F)c(C(=O)O)c1F. The van der Waals surface area contributed by atoms with Crippen LogP contribution < -0.4 is 0 Å². The van der Waals surface area contributed by atoms with Crippen molar-refractivity contribution < 1.29 is 36.6 Å². The monoisotopic (exact) mass is 323 g/mol. The van der Waals surface area contributed by atoms with Gasteiger partial charge in [-0.05, 0) is 12.1 Å². The van der Waals surface area contributed by atoms with Gasteiger partial charge < -0.3 is 9.84 Å². The summed E-state index contributed by atoms with van der Waals surface area (Å²) in [4.78, 5) is 20.7. The summed E-state index contributed by atoms with van der Waals surface area (Å²) in [7, 11) is -2.52. The topological polar surface area (TPSA) is 101 Å². The molecule has 0 spiro atoms. The number of esters is 1. The van der Waals surface area contributed by atoms with Gasteiger partial charge in [0.1, 0.15) is 22.8 Å². The Labute approximate surface area is 118 Å². The van der Waals surface area contributed by atoms with Gasteiger partial charge in [0.2, 0.25) is 10.0 Å². The lowest BCUT2D eigenvalue weighted by Crippen LogP contribution is -2.33. The van der Waals surface area contributed by atoms with Gasteiger partial charge in [0.25, 0.3) is 0 Å². The molecule has 0 atom stereocenters. The predicted octanol–water partition coefficient (Wildman–Crippen LogP) is 0.457. The summed E-state index contributed by atoms with van der Waals surface area (Å²) in [5.74, 6) is -5.99. The van der Waals surface area contributed by atoms with Gasteiger partial charge in [-0.1, -0.05) is 0 Å². The van der Waals surface area contributed by atoms with Crippen LogP contribution in [-0.4, -0.2) is 50.5 Å². The summed E-state index contributed by atoms with van der Waals surface area (Å²) in [5.41, 5.74) is -1.39. The maximum Gasteiger partial charge on any atom is 0.341 e. The summed E-state index contributed by atoms with van der Waals surface area (Å²) in [6.45, 7) is -0.710. The molecule has 0 aromatic heterocycles. The predicted molar refractivity (Wildman–Crippen MR) is 65.1 cm³/mol. The minimum Gasteiger partial charge on any atom is -0.477 e. The van der Waals surface area contributed by atoms with Crippen LogP contribution in [0.5, 0.6) is 0 Å². The Kier molecular flexibility index (Phi) is 4.97. The average Bonchev–Trinajstić information content (AvgIpc) is 2.37. The zero-order valence-electron chi connectivity index (χ0n) is 11.0. The maximum absolute atomic E-state index is 13.9. The zero-order valence-corrected chi connectivity index (χ0v) is 11.8. The highest BCUT2D eigenvalue weighted by Crippen LogP contribution is 2.23. The van der Waals surface area contributed by atoms with E-state index in [1.165, 1.54) is 0 Å². The number of carboxylic acid groups (broad SMARTS) is 1. The summed E-state index contributed by atoms with van der Waals surface area (Å²) in [5, 5.41) is 8.70. The normalized spacial score (nSPS) is 11.5. The quantitative estimate of drug-likeness (QED) is 0.790. The highest BCUT2D eigenvalue weighted by atomic mass is 32.2. The molecule has 0 amide bonds. The second-order valence-corrected chi connectivity index (χ2v) is 5.89. The van der Waals surface area contributed by atoms with Crippen molar-refractivity contribution in [3.63, 3.8) is 0 Å². The van der Waals surface area contributed by atoms with E-state index in [2.05, 4.69) is 4.74 Å². The lowest BCUT2D eigenvalue weighted by atomic mass is 10.2. The van der Waals surface area contributed by atoms with E-state index in [0.29, 0.717) is 16.4 Å². The Morgan fingerprint density at radius 2 is 1.90 bits per heavy atom. The number of aromatic carboxylic acids is 1. The summed E-state index contributed by atoms with van der Waals surface area (Å²) >= 11 is 0. The first-order valence-electron chi connectivity index (χ1n) is 5.37. The fourth-order valence-electron chi connectivity index (χ4n) is 1.43. The van der Waals surface area contributed by atoms with Gasteiger partial charge in [0.05, 0.1) is 7.11 Å². The number of carbonyl (C=O) groups is 2. The van der Waals surface area contributed by atoms with Crippen LogP contribution in [0.1, 0.15) is 10.4 Å². The van der Waals surface area contributed by atoms with Crippen LogP contribution in [0.25, 0.3) is 0 Å². The molecule has 0 radical (unpaired) electrons. The van der Waals surface area contributed by atoms with Gasteiger partial charge in [-0.2, -0.15) is 4.31 Å². The van der Waals surface area contributed by atoms with Gasteiger partial charge in [-0.3, -0.25) is 4.79 Å². The molecule has 10 heteroatoms. The molecule has 116 valence electrons. The Bertz CT molecular complexity index is 688. The molecule has 0 unspecified atom stereocenters. The molecule has 0 aliphatic heterocycles. The lowest BCUT2D eigenvalue weighted by Gasteiger charge is -2.16. The van der Waals surface area contributed by atoms with Crippen LogP contribution in [-0.2, 0) is 19.6 Å². The van der Waals surface area contributed by atoms with Crippen molar-refractivity contribution in [2.24, 2.45) is 0 Å². The number of hydrogen-bond acceptors (Lipinski definition) is 5. The Morgan fingerprint density at radius 3 is 2.38 bits per heavy atom. The molecule has 7 nitrogen and oxygen atoms in total. The number of carboxylic acids is 1. The third-order valence-electron chi connectivity index (χ3n) is 2.54. The molecule has 1 rings (SSSR count). The minimum atomic E-state index is -4.52. The minimum absolute atomic E-state index is 0.459. The number of sulfonamides is 1. The van der Waals surface area contributed by atoms with Gasteiger partial charge in [0.15, 0.2) is 5.82 Å². The van der Waals surface area contributed by atoms with E-state index in [0.717, 1.165) is 14.2 Å². The molecule has 0 heterocycles. The number of halogens is 2. The van der Waals surface area contributed by atoms with Crippen molar-refractivity contribution in [2.45, 2.75) is 4.90 Å². The standard InChI is InChI=1S/C11H11F2NO6S/c1-14(5-8(15)20-2)21(18,19)7-4-3-6(12)9(10(7)13)11(16)17/h3-4H,5H2,1-2H3,(H,16,17). The van der Waals surface area contributed by atoms with Crippen molar-refractivity contribution in [1.29, 1.82) is 0 Å². The third kappa shape index (κ3) is 3.34. The van der Waals surface area contributed by atoms with Crippen LogP contribution in [0.2, 0.25) is 0 Å². The Hall–Kier alpha value is -2.07. The Morgan fingerprint density at radius 1 is 1.33 bits per heavy atom. The van der Waals surface area contributed by atoms with E-state index in [1.54, 1.807) is 0 Å². The van der Waals surface area contributed by atoms with Crippen molar-refractivity contribution >= 4 is 22.0 Å². The molecule has 1 aromatic carbocycles. The van der Waals surface area contributed by atoms with Crippen molar-refractivity contribution in [2.75, 3.05) is 20.7 Å². The molecular weight excluding hydrogens is 312 g/mol. The highest BCUT2D eigenvalue weighted by molar-refractivity contribution is 7.89. The van der Waals surface area contributed by atoms with E-state index >= 15 is 0 Å².